The van der Waals surface area contributed by atoms with Crippen molar-refractivity contribution in [2.75, 3.05) is 6.61 Å². The molecule has 0 radical (unpaired) electrons. The number of hydrogen-bond acceptors (Lipinski definition) is 3. The van der Waals surface area contributed by atoms with Gasteiger partial charge >= 0.3 is 0 Å². The summed E-state index contributed by atoms with van der Waals surface area (Å²) in [5.74, 6) is 0.978. The molecule has 0 bridgehead atoms. The van der Waals surface area contributed by atoms with Crippen LogP contribution in [0.1, 0.15) is 36.5 Å². The highest BCUT2D eigenvalue weighted by Crippen LogP contribution is 2.55. The van der Waals surface area contributed by atoms with Gasteiger partial charge in [-0.15, -0.1) is 6.58 Å². The minimum atomic E-state index is -0.687. The van der Waals surface area contributed by atoms with Crippen molar-refractivity contribution in [3.8, 4) is 0 Å². The van der Waals surface area contributed by atoms with E-state index in [0.717, 1.165) is 25.7 Å². The summed E-state index contributed by atoms with van der Waals surface area (Å²) >= 11 is 0. The van der Waals surface area contributed by atoms with Crippen LogP contribution in [0.2, 0.25) is 0 Å². The van der Waals surface area contributed by atoms with Crippen molar-refractivity contribution in [1.82, 2.24) is 4.98 Å². The summed E-state index contributed by atoms with van der Waals surface area (Å²) in [5, 5.41) is 11.0. The topological polar surface area (TPSA) is 42.4 Å². The van der Waals surface area contributed by atoms with Crippen molar-refractivity contribution in [3.05, 3.63) is 42.2 Å². The summed E-state index contributed by atoms with van der Waals surface area (Å²) in [7, 11) is 0. The molecule has 3 heteroatoms. The lowest BCUT2D eigenvalue weighted by Crippen LogP contribution is -2.53. The zero-order valence-electron chi connectivity index (χ0n) is 11.7. The molecule has 0 spiro atoms. The van der Waals surface area contributed by atoms with Gasteiger partial charge in [0.1, 0.15) is 0 Å². The third-order valence-electron chi connectivity index (χ3n) is 5.75. The van der Waals surface area contributed by atoms with Crippen LogP contribution < -0.4 is 0 Å². The van der Waals surface area contributed by atoms with Crippen LogP contribution in [0, 0.1) is 17.8 Å². The average molecular weight is 271 g/mol. The number of pyridine rings is 1. The van der Waals surface area contributed by atoms with Gasteiger partial charge in [-0.25, -0.2) is 0 Å². The second kappa shape index (κ2) is 4.40. The fourth-order valence-corrected chi connectivity index (χ4v) is 4.73. The first-order valence-electron chi connectivity index (χ1n) is 7.63. The second-order valence-electron chi connectivity index (χ2n) is 6.53. The molecule has 2 aliphatic carbocycles. The molecule has 0 aromatic carbocycles. The van der Waals surface area contributed by atoms with E-state index in [2.05, 4.69) is 17.6 Å². The number of hydrogen-bond donors (Lipinski definition) is 1. The predicted molar refractivity (Wildman–Crippen MR) is 76.1 cm³/mol. The lowest BCUT2D eigenvalue weighted by molar-refractivity contribution is -0.190. The molecule has 3 nitrogen and oxygen atoms in total. The zero-order chi connectivity index (χ0) is 13.7. The standard InChI is InChI=1S/C17H21NO2/c1-2-12-4-6-15-14-5-3-11-9-18-8-7-13(11)16(14)20-10-17(12,15)19/h2,7-9,12,14-16,19H,1,3-6,10H2/t12-,14+,15+,16-,17-/m1/s1. The lowest BCUT2D eigenvalue weighted by atomic mass is 9.67. The van der Waals surface area contributed by atoms with Gasteiger partial charge in [0.05, 0.1) is 18.3 Å². The van der Waals surface area contributed by atoms with Crippen LogP contribution >= 0.6 is 0 Å². The third kappa shape index (κ3) is 1.57. The summed E-state index contributed by atoms with van der Waals surface area (Å²) in [6, 6.07) is 2.09. The van der Waals surface area contributed by atoms with Crippen molar-refractivity contribution in [2.45, 2.75) is 37.4 Å². The van der Waals surface area contributed by atoms with E-state index < -0.39 is 5.60 Å². The first-order valence-corrected chi connectivity index (χ1v) is 7.63. The summed E-state index contributed by atoms with van der Waals surface area (Å²) < 4.78 is 6.13. The maximum absolute atomic E-state index is 11.0. The molecule has 1 aromatic rings. The fraction of sp³-hybridized carbons (Fsp3) is 0.588. The Morgan fingerprint density at radius 3 is 3.15 bits per heavy atom. The van der Waals surface area contributed by atoms with Gasteiger partial charge in [0.25, 0.3) is 0 Å². The van der Waals surface area contributed by atoms with Crippen molar-refractivity contribution < 1.29 is 9.84 Å². The molecule has 0 amide bonds. The number of ether oxygens (including phenoxy) is 1. The summed E-state index contributed by atoms with van der Waals surface area (Å²) in [6.07, 6.45) is 10.2. The highest BCUT2D eigenvalue weighted by molar-refractivity contribution is 5.31. The normalized spacial score (nSPS) is 42.5. The minimum absolute atomic E-state index is 0.149. The van der Waals surface area contributed by atoms with Gasteiger partial charge < -0.3 is 9.84 Å². The van der Waals surface area contributed by atoms with Crippen LogP contribution in [0.4, 0.5) is 0 Å². The molecule has 1 saturated heterocycles. The van der Waals surface area contributed by atoms with E-state index in [4.69, 9.17) is 4.74 Å². The van der Waals surface area contributed by atoms with Gasteiger partial charge in [-0.1, -0.05) is 6.08 Å². The monoisotopic (exact) mass is 271 g/mol. The third-order valence-corrected chi connectivity index (χ3v) is 5.75. The Kier molecular flexibility index (Phi) is 2.76. The summed E-state index contributed by atoms with van der Waals surface area (Å²) in [5.41, 5.74) is 1.92. The van der Waals surface area contributed by atoms with Crippen molar-refractivity contribution in [3.63, 3.8) is 0 Å². The van der Waals surface area contributed by atoms with Crippen molar-refractivity contribution >= 4 is 0 Å². The highest BCUT2D eigenvalue weighted by Gasteiger charge is 2.56. The van der Waals surface area contributed by atoms with Crippen LogP contribution in [-0.4, -0.2) is 22.3 Å². The first-order chi connectivity index (χ1) is 9.74. The van der Waals surface area contributed by atoms with E-state index in [1.54, 1.807) is 0 Å². The molecule has 4 rings (SSSR count). The van der Waals surface area contributed by atoms with Crippen molar-refractivity contribution in [1.29, 1.82) is 0 Å². The summed E-state index contributed by atoms with van der Waals surface area (Å²) in [4.78, 5) is 4.22. The predicted octanol–water partition coefficient (Wildman–Crippen LogP) is 2.66. The highest BCUT2D eigenvalue weighted by atomic mass is 16.5. The van der Waals surface area contributed by atoms with Crippen LogP contribution in [0.25, 0.3) is 0 Å². The Labute approximate surface area is 119 Å². The molecule has 1 aromatic heterocycles. The zero-order valence-corrected chi connectivity index (χ0v) is 11.7. The van der Waals surface area contributed by atoms with Gasteiger partial charge in [-0.3, -0.25) is 4.98 Å². The number of aryl methyl sites for hydroxylation is 1. The van der Waals surface area contributed by atoms with Gasteiger partial charge in [0, 0.05) is 18.3 Å². The second-order valence-corrected chi connectivity index (χ2v) is 6.53. The Morgan fingerprint density at radius 2 is 2.30 bits per heavy atom. The molecule has 0 unspecified atom stereocenters. The number of fused-ring (bicyclic) bond motifs is 5. The Hall–Kier alpha value is -1.19. The van der Waals surface area contributed by atoms with Crippen LogP contribution in [0.15, 0.2) is 31.1 Å². The number of rotatable bonds is 1. The van der Waals surface area contributed by atoms with Gasteiger partial charge in [-0.05, 0) is 54.7 Å². The molecule has 1 aliphatic heterocycles. The molecular formula is C17H21NO2. The van der Waals surface area contributed by atoms with E-state index in [1.165, 1.54) is 11.1 Å². The summed E-state index contributed by atoms with van der Waals surface area (Å²) in [6.45, 7) is 4.34. The van der Waals surface area contributed by atoms with Gasteiger partial charge in [0.2, 0.25) is 0 Å². The average Bonchev–Trinajstić information content (AvgIpc) is 2.83. The number of nitrogens with zero attached hydrogens (tertiary/aromatic N) is 1. The molecule has 106 valence electrons. The molecule has 20 heavy (non-hydrogen) atoms. The molecule has 5 atom stereocenters. The number of aromatic nitrogens is 1. The van der Waals surface area contributed by atoms with Crippen molar-refractivity contribution in [2.24, 2.45) is 17.8 Å². The Balaban J connectivity index is 1.70. The van der Waals surface area contributed by atoms with E-state index in [1.807, 2.05) is 18.5 Å². The smallest absolute Gasteiger partial charge is 0.0974 e. The molecule has 1 saturated carbocycles. The maximum Gasteiger partial charge on any atom is 0.0974 e. The first kappa shape index (κ1) is 12.5. The molecule has 1 N–H and O–H groups in total. The van der Waals surface area contributed by atoms with E-state index in [-0.39, 0.29) is 12.0 Å². The Bertz CT molecular complexity index is 544. The molecular weight excluding hydrogens is 250 g/mol. The van der Waals surface area contributed by atoms with Crippen LogP contribution in [0.3, 0.4) is 0 Å². The van der Waals surface area contributed by atoms with E-state index >= 15 is 0 Å². The largest absolute Gasteiger partial charge is 0.387 e. The number of aliphatic hydroxyl groups is 1. The van der Waals surface area contributed by atoms with E-state index in [0.29, 0.717) is 18.4 Å². The molecule has 2 fully saturated rings. The maximum atomic E-state index is 11.0. The van der Waals surface area contributed by atoms with Crippen LogP contribution in [-0.2, 0) is 11.2 Å². The SMILES string of the molecule is C=C[C@@H]1CC[C@H]2[C@@H]3CCc4cnccc4[C@H]3OC[C@@]12O. The van der Waals surface area contributed by atoms with Gasteiger partial charge in [0.15, 0.2) is 0 Å². The molecule has 3 aliphatic rings. The van der Waals surface area contributed by atoms with E-state index in [9.17, 15) is 5.11 Å². The molecule has 2 heterocycles. The van der Waals surface area contributed by atoms with Gasteiger partial charge in [-0.2, -0.15) is 0 Å². The quantitative estimate of drug-likeness (QED) is 0.798. The minimum Gasteiger partial charge on any atom is -0.387 e. The lowest BCUT2D eigenvalue weighted by Gasteiger charge is -2.48. The Morgan fingerprint density at radius 1 is 1.40 bits per heavy atom. The fourth-order valence-electron chi connectivity index (χ4n) is 4.73. The van der Waals surface area contributed by atoms with Crippen LogP contribution in [0.5, 0.6) is 0 Å².